The van der Waals surface area contributed by atoms with Gasteiger partial charge in [-0.05, 0) is 50.2 Å². The largest absolute Gasteiger partial charge is 0.463 e. The van der Waals surface area contributed by atoms with E-state index in [0.29, 0.717) is 5.56 Å². The Morgan fingerprint density at radius 3 is 2.07 bits per heavy atom. The number of aryl methyl sites for hydroxylation is 1. The van der Waals surface area contributed by atoms with Gasteiger partial charge in [0.15, 0.2) is 0 Å². The predicted octanol–water partition coefficient (Wildman–Crippen LogP) is 3.35. The molecule has 0 radical (unpaired) electrons. The lowest BCUT2D eigenvalue weighted by Gasteiger charge is -2.35. The first-order valence-corrected chi connectivity index (χ1v) is 9.78. The molecule has 6 nitrogen and oxygen atoms in total. The fourth-order valence-electron chi connectivity index (χ4n) is 2.33. The molecule has 0 aliphatic carbocycles. The number of alkyl halides is 3. The lowest BCUT2D eigenvalue weighted by Crippen LogP contribution is -2.69. The highest BCUT2D eigenvalue weighted by Gasteiger charge is 2.64. The number of anilines is 1. The van der Waals surface area contributed by atoms with E-state index in [9.17, 15) is 30.8 Å². The topological polar surface area (TPSA) is 84.5 Å². The van der Waals surface area contributed by atoms with Crippen molar-refractivity contribution in [3.05, 3.63) is 59.9 Å². The highest BCUT2D eigenvalue weighted by molar-refractivity contribution is 7.89. The molecule has 2 N–H and O–H groups in total. The van der Waals surface area contributed by atoms with Crippen LogP contribution < -0.4 is 10.0 Å². The van der Waals surface area contributed by atoms with Gasteiger partial charge in [0.2, 0.25) is 10.0 Å². The van der Waals surface area contributed by atoms with Gasteiger partial charge < -0.3 is 10.1 Å². The molecule has 1 atom stereocenters. The summed E-state index contributed by atoms with van der Waals surface area (Å²) in [5, 5.41) is 1.83. The molecular weight excluding hydrogens is 416 g/mol. The Morgan fingerprint density at radius 1 is 1.03 bits per heavy atom. The van der Waals surface area contributed by atoms with E-state index >= 15 is 0 Å². The van der Waals surface area contributed by atoms with Gasteiger partial charge in [0.1, 0.15) is 5.82 Å². The first-order valence-electron chi connectivity index (χ1n) is 8.29. The van der Waals surface area contributed by atoms with Gasteiger partial charge in [0.05, 0.1) is 11.5 Å². The van der Waals surface area contributed by atoms with Gasteiger partial charge in [-0.2, -0.15) is 17.9 Å². The highest BCUT2D eigenvalue weighted by atomic mass is 32.2. The average molecular weight is 434 g/mol. The molecule has 158 valence electrons. The smallest absolute Gasteiger partial charge is 0.437 e. The molecule has 0 aliphatic rings. The minimum atomic E-state index is -5.45. The van der Waals surface area contributed by atoms with Crippen LogP contribution in [0, 0.1) is 12.7 Å². The lowest BCUT2D eigenvalue weighted by atomic mass is 10.1. The van der Waals surface area contributed by atoms with E-state index in [1.54, 1.807) is 6.92 Å². The fourth-order valence-corrected chi connectivity index (χ4v) is 3.60. The molecular formula is C18H18F4N2O4S. The molecule has 0 fully saturated rings. The molecule has 0 amide bonds. The van der Waals surface area contributed by atoms with Crippen molar-refractivity contribution in [1.29, 1.82) is 0 Å². The van der Waals surface area contributed by atoms with Gasteiger partial charge in [0.25, 0.3) is 5.66 Å². The number of hydrogen-bond donors (Lipinski definition) is 2. The molecule has 0 heterocycles. The Kier molecular flexibility index (Phi) is 6.53. The summed E-state index contributed by atoms with van der Waals surface area (Å²) in [7, 11) is -4.82. The van der Waals surface area contributed by atoms with Crippen molar-refractivity contribution in [2.75, 3.05) is 11.9 Å². The van der Waals surface area contributed by atoms with Crippen LogP contribution in [0.3, 0.4) is 0 Å². The van der Waals surface area contributed by atoms with Crippen LogP contribution in [0.25, 0.3) is 0 Å². The second-order valence-corrected chi connectivity index (χ2v) is 7.70. The van der Waals surface area contributed by atoms with Crippen molar-refractivity contribution in [3.63, 3.8) is 0 Å². The van der Waals surface area contributed by atoms with Crippen LogP contribution in [-0.4, -0.2) is 32.8 Å². The number of carbonyl (C=O) groups is 1. The first kappa shape index (κ1) is 22.6. The Labute approximate surface area is 164 Å². The molecule has 0 bridgehead atoms. The number of nitrogens with one attached hydrogen (secondary N) is 2. The normalized spacial score (nSPS) is 14.1. The first-order chi connectivity index (χ1) is 13.4. The van der Waals surface area contributed by atoms with Crippen LogP contribution in [0.15, 0.2) is 53.4 Å². The van der Waals surface area contributed by atoms with Gasteiger partial charge >= 0.3 is 12.1 Å². The average Bonchev–Trinajstić information content (AvgIpc) is 2.62. The van der Waals surface area contributed by atoms with E-state index in [1.165, 1.54) is 23.8 Å². The van der Waals surface area contributed by atoms with Crippen LogP contribution >= 0.6 is 0 Å². The van der Waals surface area contributed by atoms with Gasteiger partial charge in [-0.3, -0.25) is 0 Å². The molecule has 11 heteroatoms. The Morgan fingerprint density at radius 2 is 1.59 bits per heavy atom. The van der Waals surface area contributed by atoms with Crippen molar-refractivity contribution in [2.45, 2.75) is 30.6 Å². The summed E-state index contributed by atoms with van der Waals surface area (Å²) in [5.74, 6) is -2.64. The molecule has 29 heavy (non-hydrogen) atoms. The SMILES string of the molecule is CCOC(=O)[C@](Nc1ccc(F)cc1)(NS(=O)(=O)c1ccc(C)cc1)C(F)(F)F. The van der Waals surface area contributed by atoms with Crippen LogP contribution in [0.4, 0.5) is 23.2 Å². The molecule has 0 unspecified atom stereocenters. The molecule has 0 aromatic heterocycles. The number of halogens is 4. The summed E-state index contributed by atoms with van der Waals surface area (Å²) in [6.07, 6.45) is -5.45. The van der Waals surface area contributed by atoms with E-state index in [1.807, 2.05) is 5.32 Å². The third-order valence-corrected chi connectivity index (χ3v) is 5.27. The van der Waals surface area contributed by atoms with Crippen molar-refractivity contribution >= 4 is 21.7 Å². The molecule has 2 rings (SSSR count). The zero-order valence-corrected chi connectivity index (χ0v) is 16.2. The second kappa shape index (κ2) is 8.37. The van der Waals surface area contributed by atoms with Crippen molar-refractivity contribution < 1.29 is 35.5 Å². The monoisotopic (exact) mass is 434 g/mol. The summed E-state index contributed by atoms with van der Waals surface area (Å²) in [6, 6.07) is 8.53. The van der Waals surface area contributed by atoms with Crippen molar-refractivity contribution in [3.8, 4) is 0 Å². The molecule has 0 aliphatic heterocycles. The maximum Gasteiger partial charge on any atom is 0.437 e. The standard InChI is InChI=1S/C18H18F4N2O4S/c1-3-28-16(25)17(18(20,21)22,23-14-8-6-13(19)7-9-14)24-29(26,27)15-10-4-12(2)5-11-15/h4-11,23-24H,3H2,1-2H3/t17-/m0/s1. The zero-order chi connectivity index (χ0) is 21.9. The molecule has 0 spiro atoms. The molecule has 2 aromatic rings. The lowest BCUT2D eigenvalue weighted by molar-refractivity contribution is -0.202. The van der Waals surface area contributed by atoms with E-state index in [0.717, 1.165) is 36.4 Å². The Balaban J connectivity index is 2.59. The van der Waals surface area contributed by atoms with Gasteiger partial charge in [-0.1, -0.05) is 17.7 Å². The summed E-state index contributed by atoms with van der Waals surface area (Å²) in [5.41, 5.74) is -3.52. The number of carbonyl (C=O) groups excluding carboxylic acids is 1. The summed E-state index contributed by atoms with van der Waals surface area (Å²) in [6.45, 7) is 2.50. The molecule has 2 aromatic carbocycles. The second-order valence-electron chi connectivity index (χ2n) is 6.02. The van der Waals surface area contributed by atoms with Gasteiger partial charge in [0, 0.05) is 5.69 Å². The van der Waals surface area contributed by atoms with E-state index < -0.39 is 45.2 Å². The number of benzene rings is 2. The number of sulfonamides is 1. The number of hydrogen-bond acceptors (Lipinski definition) is 5. The maximum atomic E-state index is 14.1. The fraction of sp³-hybridized carbons (Fsp3) is 0.278. The van der Waals surface area contributed by atoms with E-state index in [2.05, 4.69) is 4.74 Å². The Bertz CT molecular complexity index is 961. The minimum Gasteiger partial charge on any atom is -0.463 e. The van der Waals surface area contributed by atoms with Gasteiger partial charge in [-0.25, -0.2) is 17.6 Å². The third-order valence-electron chi connectivity index (χ3n) is 3.80. The maximum absolute atomic E-state index is 14.1. The van der Waals surface area contributed by atoms with Crippen molar-refractivity contribution in [1.82, 2.24) is 4.72 Å². The molecule has 0 saturated carbocycles. The van der Waals surface area contributed by atoms with Crippen molar-refractivity contribution in [2.24, 2.45) is 0 Å². The number of esters is 1. The third kappa shape index (κ3) is 5.04. The van der Waals surface area contributed by atoms with Crippen LogP contribution in [0.1, 0.15) is 12.5 Å². The van der Waals surface area contributed by atoms with Crippen LogP contribution in [0.2, 0.25) is 0 Å². The van der Waals surface area contributed by atoms with Gasteiger partial charge in [-0.15, -0.1) is 0 Å². The minimum absolute atomic E-state index is 0.358. The Hall–Kier alpha value is -2.66. The summed E-state index contributed by atoms with van der Waals surface area (Å²) < 4.78 is 86.5. The predicted molar refractivity (Wildman–Crippen MR) is 96.9 cm³/mol. The quantitative estimate of drug-likeness (QED) is 0.397. The van der Waals surface area contributed by atoms with Crippen LogP contribution in [-0.2, 0) is 19.6 Å². The summed E-state index contributed by atoms with van der Waals surface area (Å²) in [4.78, 5) is 11.9. The number of ether oxygens (including phenoxy) is 1. The van der Waals surface area contributed by atoms with E-state index in [4.69, 9.17) is 0 Å². The number of rotatable bonds is 7. The molecule has 0 saturated heterocycles. The van der Waals surface area contributed by atoms with Crippen LogP contribution in [0.5, 0.6) is 0 Å². The highest BCUT2D eigenvalue weighted by Crippen LogP contribution is 2.34. The zero-order valence-electron chi connectivity index (χ0n) is 15.4. The van der Waals surface area contributed by atoms with E-state index in [-0.39, 0.29) is 5.69 Å². The summed E-state index contributed by atoms with van der Waals surface area (Å²) >= 11 is 0.